The Kier molecular flexibility index (Phi) is 14.1. The Balaban J connectivity index is 1.25. The number of aliphatic hydroxyl groups is 7. The second-order valence-corrected chi connectivity index (χ2v) is 12.7. The summed E-state index contributed by atoms with van der Waals surface area (Å²) in [5, 5.41) is 78.3. The van der Waals surface area contributed by atoms with Crippen molar-refractivity contribution in [3.8, 4) is 0 Å². The Morgan fingerprint density at radius 1 is 0.812 bits per heavy atom. The van der Waals surface area contributed by atoms with E-state index in [9.17, 15) is 45.3 Å². The first-order valence-corrected chi connectivity index (χ1v) is 16.4. The fraction of sp³-hybridized carbons (Fsp3) is 0.750. The van der Waals surface area contributed by atoms with Crippen molar-refractivity contribution in [2.45, 2.75) is 132 Å². The molecule has 1 aromatic rings. The van der Waals surface area contributed by atoms with Crippen LogP contribution in [0.4, 0.5) is 0 Å². The minimum absolute atomic E-state index is 0.124. The van der Waals surface area contributed by atoms with E-state index < -0.39 is 92.4 Å². The van der Waals surface area contributed by atoms with E-state index in [0.29, 0.717) is 31.4 Å². The average molecular weight is 687 g/mol. The molecular formula is C32H50N2O14. The molecule has 0 saturated carbocycles. The van der Waals surface area contributed by atoms with Crippen LogP contribution in [0.25, 0.3) is 0 Å². The highest BCUT2D eigenvalue weighted by molar-refractivity contribution is 5.94. The van der Waals surface area contributed by atoms with Crippen molar-refractivity contribution in [3.63, 3.8) is 0 Å². The predicted molar refractivity (Wildman–Crippen MR) is 165 cm³/mol. The van der Waals surface area contributed by atoms with Crippen LogP contribution in [0.3, 0.4) is 0 Å². The number of aliphatic hydroxyl groups excluding tert-OH is 7. The maximum Gasteiger partial charge on any atom is 0.251 e. The normalized spacial score (nSPS) is 38.7. The lowest BCUT2D eigenvalue weighted by atomic mass is 9.92. The zero-order valence-electron chi connectivity index (χ0n) is 27.3. The molecule has 4 rings (SSSR count). The van der Waals surface area contributed by atoms with Gasteiger partial charge in [-0.05, 0) is 45.7 Å². The van der Waals surface area contributed by atoms with Gasteiger partial charge in [-0.2, -0.15) is 0 Å². The molecule has 0 aromatic heterocycles. The van der Waals surface area contributed by atoms with Crippen molar-refractivity contribution >= 4 is 11.8 Å². The van der Waals surface area contributed by atoms with Crippen LogP contribution in [-0.4, -0.2) is 153 Å². The summed E-state index contributed by atoms with van der Waals surface area (Å²) >= 11 is 0. The van der Waals surface area contributed by atoms with Crippen molar-refractivity contribution in [2.24, 2.45) is 0 Å². The van der Waals surface area contributed by atoms with Gasteiger partial charge in [-0.25, -0.2) is 0 Å². The molecule has 3 heterocycles. The van der Waals surface area contributed by atoms with Gasteiger partial charge in [-0.1, -0.05) is 24.1 Å². The third-order valence-electron chi connectivity index (χ3n) is 8.96. The summed E-state index contributed by atoms with van der Waals surface area (Å²) in [6, 6.07) is 6.18. The van der Waals surface area contributed by atoms with Crippen LogP contribution in [0.5, 0.6) is 0 Å². The fourth-order valence-electron chi connectivity index (χ4n) is 6.04. The molecule has 272 valence electrons. The summed E-state index contributed by atoms with van der Waals surface area (Å²) in [7, 11) is 0. The minimum Gasteiger partial charge on any atom is -0.394 e. The molecule has 3 saturated heterocycles. The first-order valence-electron chi connectivity index (χ1n) is 16.4. The van der Waals surface area contributed by atoms with Gasteiger partial charge in [0.2, 0.25) is 5.91 Å². The lowest BCUT2D eigenvalue weighted by molar-refractivity contribution is -0.358. The first-order chi connectivity index (χ1) is 22.8. The number of carbonyl (C=O) groups is 2. The van der Waals surface area contributed by atoms with Crippen molar-refractivity contribution in [1.82, 2.24) is 10.6 Å². The summed E-state index contributed by atoms with van der Waals surface area (Å²) < 4.78 is 28.4. The number of hydrogen-bond donors (Lipinski definition) is 9. The third kappa shape index (κ3) is 9.47. The molecule has 0 bridgehead atoms. The molecule has 2 amide bonds. The van der Waals surface area contributed by atoms with Gasteiger partial charge >= 0.3 is 0 Å². The quantitative estimate of drug-likeness (QED) is 0.0982. The van der Waals surface area contributed by atoms with Crippen molar-refractivity contribution in [3.05, 3.63) is 35.4 Å². The van der Waals surface area contributed by atoms with Crippen molar-refractivity contribution in [1.29, 1.82) is 0 Å². The van der Waals surface area contributed by atoms with Gasteiger partial charge in [0.15, 0.2) is 12.6 Å². The zero-order valence-corrected chi connectivity index (χ0v) is 27.3. The van der Waals surface area contributed by atoms with Gasteiger partial charge in [0.25, 0.3) is 5.91 Å². The standard InChI is InChI=1S/C32H50N2O14/c1-15-8-10-18(11-9-15)30(43)33-12-6-4-5-7-21(37)34-22-20(13-35)45-16(2)28(24(22)39)48-32-27(42)25(40)29(17(3)46-32)47-31-26(41)23(38)19(36)14-44-31/h8-11,16-17,19-20,22-29,31-32,35-36,38-42H,4-7,12-14H2,1-3H3,(H,33,43)(H,34,37)/t16-,17+,19+,20+,22?,23?,24?,25?,26?,27?,28?,29?,31-,32-/m0/s1. The second-order valence-electron chi connectivity index (χ2n) is 12.7. The molecular weight excluding hydrogens is 636 g/mol. The zero-order chi connectivity index (χ0) is 35.1. The molecule has 0 aliphatic carbocycles. The Morgan fingerprint density at radius 3 is 2.12 bits per heavy atom. The van der Waals surface area contributed by atoms with Crippen molar-refractivity contribution in [2.75, 3.05) is 19.8 Å². The Bertz CT molecular complexity index is 1180. The summed E-state index contributed by atoms with van der Waals surface area (Å²) in [5.41, 5.74) is 1.64. The van der Waals surface area contributed by atoms with E-state index in [4.69, 9.17) is 23.7 Å². The predicted octanol–water partition coefficient (Wildman–Crippen LogP) is -2.41. The molecule has 3 fully saturated rings. The van der Waals surface area contributed by atoms with Crippen LogP contribution in [0.2, 0.25) is 0 Å². The molecule has 0 radical (unpaired) electrons. The van der Waals surface area contributed by atoms with Crippen LogP contribution in [0.15, 0.2) is 24.3 Å². The average Bonchev–Trinajstić information content (AvgIpc) is 3.06. The molecule has 1 aromatic carbocycles. The number of aryl methyl sites for hydroxylation is 1. The fourth-order valence-corrected chi connectivity index (χ4v) is 6.04. The van der Waals surface area contributed by atoms with Crippen LogP contribution in [0.1, 0.15) is 55.5 Å². The molecule has 3 aliphatic rings. The molecule has 48 heavy (non-hydrogen) atoms. The maximum atomic E-state index is 12.8. The molecule has 8 unspecified atom stereocenters. The number of ether oxygens (including phenoxy) is 5. The Hall–Kier alpha value is -2.32. The monoisotopic (exact) mass is 686 g/mol. The second kappa shape index (κ2) is 17.6. The number of benzene rings is 1. The van der Waals surface area contributed by atoms with Gasteiger partial charge < -0.3 is 70.1 Å². The maximum absolute atomic E-state index is 12.8. The molecule has 16 nitrogen and oxygen atoms in total. The number of hydrogen-bond acceptors (Lipinski definition) is 14. The highest BCUT2D eigenvalue weighted by atomic mass is 16.7. The minimum atomic E-state index is -1.70. The van der Waals surface area contributed by atoms with Crippen molar-refractivity contribution < 1.29 is 69.0 Å². The summed E-state index contributed by atoms with van der Waals surface area (Å²) in [4.78, 5) is 25.1. The van der Waals surface area contributed by atoms with Crippen LogP contribution in [-0.2, 0) is 28.5 Å². The summed E-state index contributed by atoms with van der Waals surface area (Å²) in [5.74, 6) is -0.555. The lowest BCUT2D eigenvalue weighted by Crippen LogP contribution is -2.67. The van der Waals surface area contributed by atoms with E-state index in [0.717, 1.165) is 5.56 Å². The SMILES string of the molecule is Cc1ccc(C(=O)NCCCCCC(=O)NC2C(O)C(O[C@@H]3O[C@H](C)C(O[C@@H]4OC[C@@H](O)C(O)C4O)C(O)C3O)[C@H](C)O[C@@H]2CO)cc1. The molecule has 0 spiro atoms. The largest absolute Gasteiger partial charge is 0.394 e. The van der Waals surface area contributed by atoms with E-state index in [1.165, 1.54) is 6.92 Å². The molecule has 14 atom stereocenters. The Labute approximate surface area is 278 Å². The molecule has 16 heteroatoms. The highest BCUT2D eigenvalue weighted by Gasteiger charge is 2.51. The summed E-state index contributed by atoms with van der Waals surface area (Å²) in [6.07, 6.45) is -15.3. The molecule has 9 N–H and O–H groups in total. The van der Waals surface area contributed by atoms with E-state index in [2.05, 4.69) is 10.6 Å². The topological polar surface area (TPSA) is 246 Å². The number of rotatable bonds is 13. The number of unbranched alkanes of at least 4 members (excludes halogenated alkanes) is 2. The van der Waals surface area contributed by atoms with Gasteiger partial charge in [-0.3, -0.25) is 9.59 Å². The van der Waals surface area contributed by atoms with Crippen LogP contribution >= 0.6 is 0 Å². The third-order valence-corrected chi connectivity index (χ3v) is 8.96. The Morgan fingerprint density at radius 2 is 1.44 bits per heavy atom. The molecule has 3 aliphatic heterocycles. The highest BCUT2D eigenvalue weighted by Crippen LogP contribution is 2.31. The number of carbonyl (C=O) groups excluding carboxylic acids is 2. The number of nitrogens with one attached hydrogen (secondary N) is 2. The van der Waals surface area contributed by atoms with Gasteiger partial charge in [-0.15, -0.1) is 0 Å². The van der Waals surface area contributed by atoms with E-state index in [1.54, 1.807) is 19.1 Å². The summed E-state index contributed by atoms with van der Waals surface area (Å²) in [6.45, 7) is 4.65. The van der Waals surface area contributed by atoms with Crippen LogP contribution < -0.4 is 10.6 Å². The van der Waals surface area contributed by atoms with Gasteiger partial charge in [0.05, 0.1) is 31.5 Å². The van der Waals surface area contributed by atoms with Crippen LogP contribution in [0, 0.1) is 6.92 Å². The van der Waals surface area contributed by atoms with E-state index in [1.807, 2.05) is 19.1 Å². The lowest BCUT2D eigenvalue weighted by Gasteiger charge is -2.48. The number of amides is 2. The van der Waals surface area contributed by atoms with E-state index in [-0.39, 0.29) is 24.8 Å². The van der Waals surface area contributed by atoms with E-state index >= 15 is 0 Å². The first kappa shape index (κ1) is 38.5. The smallest absolute Gasteiger partial charge is 0.251 e. The van der Waals surface area contributed by atoms with Gasteiger partial charge in [0, 0.05) is 18.5 Å². The van der Waals surface area contributed by atoms with Gasteiger partial charge in [0.1, 0.15) is 54.9 Å².